The number of nitrogens with one attached hydrogen (secondary N) is 1. The van der Waals surface area contributed by atoms with Crippen LogP contribution in [0.25, 0.3) is 0 Å². The standard InChI is InChI=1S/C29H53N3/c1-23(2)18-19-32(22-29(5,6)31-21-27(30)20-24(3)4)28-16-14-26(15-17-28)13-12-25-10-8-7-9-11-25/h14-17,23-25,27,31H,7-13,18-22,30H2,1-6H3/t27-/m0/s1. The van der Waals surface area contributed by atoms with Crippen LogP contribution >= 0.6 is 0 Å². The molecule has 3 nitrogen and oxygen atoms in total. The summed E-state index contributed by atoms with van der Waals surface area (Å²) < 4.78 is 0. The number of rotatable bonds is 14. The molecule has 1 aromatic carbocycles. The van der Waals surface area contributed by atoms with Gasteiger partial charge >= 0.3 is 0 Å². The molecule has 1 fully saturated rings. The predicted octanol–water partition coefficient (Wildman–Crippen LogP) is 6.79. The molecule has 1 aromatic rings. The highest BCUT2D eigenvalue weighted by atomic mass is 15.2. The van der Waals surface area contributed by atoms with Crippen LogP contribution in [0.4, 0.5) is 5.69 Å². The molecule has 0 spiro atoms. The molecule has 0 aromatic heterocycles. The summed E-state index contributed by atoms with van der Waals surface area (Å²) in [5.74, 6) is 2.32. The van der Waals surface area contributed by atoms with E-state index in [4.69, 9.17) is 5.73 Å². The van der Waals surface area contributed by atoms with Gasteiger partial charge in [0.1, 0.15) is 0 Å². The SMILES string of the molecule is CC(C)CCN(CC(C)(C)NC[C@@H](N)CC(C)C)c1ccc(CCC2CCCCC2)cc1. The van der Waals surface area contributed by atoms with Crippen molar-refractivity contribution in [2.45, 2.75) is 111 Å². The fourth-order valence-corrected chi connectivity index (χ4v) is 5.06. The Morgan fingerprint density at radius 3 is 2.25 bits per heavy atom. The summed E-state index contributed by atoms with van der Waals surface area (Å²) in [7, 11) is 0. The first kappa shape index (κ1) is 27.2. The zero-order chi connectivity index (χ0) is 23.6. The van der Waals surface area contributed by atoms with Crippen molar-refractivity contribution in [2.24, 2.45) is 23.5 Å². The van der Waals surface area contributed by atoms with Crippen LogP contribution < -0.4 is 16.0 Å². The van der Waals surface area contributed by atoms with E-state index in [0.717, 1.165) is 32.0 Å². The van der Waals surface area contributed by atoms with Crippen molar-refractivity contribution in [1.29, 1.82) is 0 Å². The van der Waals surface area contributed by atoms with Crippen LogP contribution in [0, 0.1) is 17.8 Å². The molecule has 0 amide bonds. The fourth-order valence-electron chi connectivity index (χ4n) is 5.06. The Hall–Kier alpha value is -1.06. The summed E-state index contributed by atoms with van der Waals surface area (Å²) in [6.07, 6.45) is 12.1. The third-order valence-electron chi connectivity index (χ3n) is 7.05. The second kappa shape index (κ2) is 13.6. The van der Waals surface area contributed by atoms with Gasteiger partial charge in [-0.25, -0.2) is 0 Å². The Kier molecular flexibility index (Phi) is 11.6. The molecule has 3 N–H and O–H groups in total. The molecule has 184 valence electrons. The number of hydrogen-bond donors (Lipinski definition) is 2. The van der Waals surface area contributed by atoms with E-state index in [1.807, 2.05) is 0 Å². The average Bonchev–Trinajstić information content (AvgIpc) is 2.74. The Morgan fingerprint density at radius 1 is 1.00 bits per heavy atom. The predicted molar refractivity (Wildman–Crippen MR) is 143 cm³/mol. The van der Waals surface area contributed by atoms with E-state index < -0.39 is 0 Å². The van der Waals surface area contributed by atoms with Gasteiger partial charge < -0.3 is 16.0 Å². The normalized spacial score (nSPS) is 16.7. The van der Waals surface area contributed by atoms with Crippen molar-refractivity contribution in [1.82, 2.24) is 5.32 Å². The lowest BCUT2D eigenvalue weighted by atomic mass is 9.85. The first-order valence-corrected chi connectivity index (χ1v) is 13.5. The molecule has 0 bridgehead atoms. The number of hydrogen-bond acceptors (Lipinski definition) is 3. The minimum atomic E-state index is 0.0191. The van der Waals surface area contributed by atoms with E-state index in [2.05, 4.69) is 76.0 Å². The molecular formula is C29H53N3. The molecule has 1 aliphatic carbocycles. The number of nitrogens with two attached hydrogens (primary N) is 1. The van der Waals surface area contributed by atoms with Crippen LogP contribution in [0.3, 0.4) is 0 Å². The lowest BCUT2D eigenvalue weighted by Gasteiger charge is -2.36. The number of aryl methyl sites for hydroxylation is 1. The van der Waals surface area contributed by atoms with Crippen LogP contribution in [0.2, 0.25) is 0 Å². The van der Waals surface area contributed by atoms with E-state index in [0.29, 0.717) is 11.8 Å². The number of nitrogens with zero attached hydrogens (tertiary/aromatic N) is 1. The van der Waals surface area contributed by atoms with Crippen LogP contribution in [0.1, 0.15) is 98.5 Å². The molecule has 2 rings (SSSR count). The summed E-state index contributed by atoms with van der Waals surface area (Å²) >= 11 is 0. The third-order valence-corrected chi connectivity index (χ3v) is 7.05. The maximum Gasteiger partial charge on any atom is 0.0367 e. The molecule has 1 atom stereocenters. The molecule has 3 heteroatoms. The summed E-state index contributed by atoms with van der Waals surface area (Å²) in [5, 5.41) is 3.75. The molecule has 0 unspecified atom stereocenters. The van der Waals surface area contributed by atoms with Crippen LogP contribution in [-0.2, 0) is 6.42 Å². The molecule has 0 radical (unpaired) electrons. The van der Waals surface area contributed by atoms with Gasteiger partial charge in [0, 0.05) is 36.9 Å². The highest BCUT2D eigenvalue weighted by Gasteiger charge is 2.23. The molecule has 0 aliphatic heterocycles. The average molecular weight is 444 g/mol. The Labute approximate surface area is 199 Å². The second-order valence-electron chi connectivity index (χ2n) is 12.0. The first-order valence-electron chi connectivity index (χ1n) is 13.5. The Morgan fingerprint density at radius 2 is 1.66 bits per heavy atom. The van der Waals surface area contributed by atoms with Gasteiger partial charge in [0.2, 0.25) is 0 Å². The monoisotopic (exact) mass is 443 g/mol. The molecule has 0 saturated heterocycles. The molecule has 1 saturated carbocycles. The Bertz CT molecular complexity index is 614. The van der Waals surface area contributed by atoms with Gasteiger partial charge in [0.25, 0.3) is 0 Å². The quantitative estimate of drug-likeness (QED) is 0.332. The lowest BCUT2D eigenvalue weighted by Crippen LogP contribution is -2.53. The number of benzene rings is 1. The molecule has 32 heavy (non-hydrogen) atoms. The summed E-state index contributed by atoms with van der Waals surface area (Å²) in [6.45, 7) is 16.7. The second-order valence-corrected chi connectivity index (χ2v) is 12.0. The van der Waals surface area contributed by atoms with Gasteiger partial charge in [-0.1, -0.05) is 71.9 Å². The maximum absolute atomic E-state index is 6.34. The zero-order valence-electron chi connectivity index (χ0n) is 22.1. The van der Waals surface area contributed by atoms with Crippen LogP contribution in [-0.4, -0.2) is 31.2 Å². The van der Waals surface area contributed by atoms with Gasteiger partial charge in [-0.3, -0.25) is 0 Å². The minimum Gasteiger partial charge on any atom is -0.370 e. The van der Waals surface area contributed by atoms with Gasteiger partial charge in [0.05, 0.1) is 0 Å². The fraction of sp³-hybridized carbons (Fsp3) is 0.793. The highest BCUT2D eigenvalue weighted by Crippen LogP contribution is 2.28. The van der Waals surface area contributed by atoms with E-state index in [1.54, 1.807) is 0 Å². The van der Waals surface area contributed by atoms with Gasteiger partial charge in [-0.15, -0.1) is 0 Å². The van der Waals surface area contributed by atoms with E-state index in [-0.39, 0.29) is 11.6 Å². The van der Waals surface area contributed by atoms with Crippen molar-refractivity contribution in [2.75, 3.05) is 24.5 Å². The lowest BCUT2D eigenvalue weighted by molar-refractivity contribution is 0.339. The van der Waals surface area contributed by atoms with Crippen LogP contribution in [0.5, 0.6) is 0 Å². The van der Waals surface area contributed by atoms with Crippen molar-refractivity contribution in [3.63, 3.8) is 0 Å². The highest BCUT2D eigenvalue weighted by molar-refractivity contribution is 5.48. The zero-order valence-corrected chi connectivity index (χ0v) is 22.1. The van der Waals surface area contributed by atoms with Gasteiger partial charge in [-0.05, 0) is 75.0 Å². The summed E-state index contributed by atoms with van der Waals surface area (Å²) in [4.78, 5) is 2.58. The third kappa shape index (κ3) is 10.7. The van der Waals surface area contributed by atoms with Crippen molar-refractivity contribution < 1.29 is 0 Å². The van der Waals surface area contributed by atoms with Gasteiger partial charge in [-0.2, -0.15) is 0 Å². The van der Waals surface area contributed by atoms with Crippen molar-refractivity contribution in [3.8, 4) is 0 Å². The van der Waals surface area contributed by atoms with E-state index in [1.165, 1.54) is 62.6 Å². The smallest absolute Gasteiger partial charge is 0.0367 e. The van der Waals surface area contributed by atoms with Crippen molar-refractivity contribution in [3.05, 3.63) is 29.8 Å². The van der Waals surface area contributed by atoms with E-state index >= 15 is 0 Å². The van der Waals surface area contributed by atoms with Crippen LogP contribution in [0.15, 0.2) is 24.3 Å². The van der Waals surface area contributed by atoms with Gasteiger partial charge in [0.15, 0.2) is 0 Å². The van der Waals surface area contributed by atoms with Crippen molar-refractivity contribution >= 4 is 5.69 Å². The molecule has 0 heterocycles. The maximum atomic E-state index is 6.34. The largest absolute Gasteiger partial charge is 0.370 e. The Balaban J connectivity index is 1.95. The summed E-state index contributed by atoms with van der Waals surface area (Å²) in [5.41, 5.74) is 9.22. The molecular weight excluding hydrogens is 390 g/mol. The number of anilines is 1. The first-order chi connectivity index (χ1) is 15.1. The topological polar surface area (TPSA) is 41.3 Å². The molecule has 1 aliphatic rings. The minimum absolute atomic E-state index is 0.0191. The summed E-state index contributed by atoms with van der Waals surface area (Å²) in [6, 6.07) is 9.69. The van der Waals surface area contributed by atoms with E-state index in [9.17, 15) is 0 Å².